The van der Waals surface area contributed by atoms with Gasteiger partial charge in [0.25, 0.3) is 0 Å². The maximum absolute atomic E-state index is 12.3. The van der Waals surface area contributed by atoms with E-state index >= 15 is 0 Å². The van der Waals surface area contributed by atoms with Gasteiger partial charge in [-0.1, -0.05) is 17.7 Å². The molecule has 2 rings (SSSR count). The van der Waals surface area contributed by atoms with Crippen molar-refractivity contribution in [2.45, 2.75) is 20.3 Å². The van der Waals surface area contributed by atoms with E-state index in [2.05, 4.69) is 5.32 Å². The second kappa shape index (κ2) is 6.57. The van der Waals surface area contributed by atoms with Gasteiger partial charge in [0.2, 0.25) is 5.91 Å². The van der Waals surface area contributed by atoms with Gasteiger partial charge in [0.05, 0.1) is 13.0 Å². The summed E-state index contributed by atoms with van der Waals surface area (Å²) >= 11 is 0. The highest BCUT2D eigenvalue weighted by molar-refractivity contribution is 5.79. The summed E-state index contributed by atoms with van der Waals surface area (Å²) in [5.41, 5.74) is 2.15. The Morgan fingerprint density at radius 3 is 2.79 bits per heavy atom. The molecule has 1 heterocycles. The van der Waals surface area contributed by atoms with E-state index in [9.17, 15) is 4.79 Å². The Labute approximate surface area is 114 Å². The zero-order valence-electron chi connectivity index (χ0n) is 11.7. The van der Waals surface area contributed by atoms with E-state index in [-0.39, 0.29) is 5.91 Å². The summed E-state index contributed by atoms with van der Waals surface area (Å²) < 4.78 is 5.60. The van der Waals surface area contributed by atoms with Crippen molar-refractivity contribution in [1.82, 2.24) is 10.2 Å². The lowest BCUT2D eigenvalue weighted by Gasteiger charge is -2.27. The first-order valence-corrected chi connectivity index (χ1v) is 6.91. The minimum Gasteiger partial charge on any atom is -0.494 e. The number of aryl methyl sites for hydroxylation is 1. The minimum absolute atomic E-state index is 0.188. The van der Waals surface area contributed by atoms with Crippen LogP contribution in [-0.4, -0.2) is 43.6 Å². The standard InChI is InChI=1S/C15H22N2O2/c1-3-19-14-5-4-12(2)10-13(14)11-15(18)17-8-6-16-7-9-17/h4-5,10,16H,3,6-9,11H2,1-2H3. The van der Waals surface area contributed by atoms with E-state index in [1.54, 1.807) is 0 Å². The molecule has 1 fully saturated rings. The summed E-state index contributed by atoms with van der Waals surface area (Å²) in [5.74, 6) is 1.02. The summed E-state index contributed by atoms with van der Waals surface area (Å²) in [7, 11) is 0. The van der Waals surface area contributed by atoms with Crippen LogP contribution in [0.2, 0.25) is 0 Å². The van der Waals surface area contributed by atoms with Gasteiger partial charge in [0, 0.05) is 31.7 Å². The number of piperazine rings is 1. The van der Waals surface area contributed by atoms with Gasteiger partial charge in [-0.2, -0.15) is 0 Å². The Kier molecular flexibility index (Phi) is 4.80. The maximum Gasteiger partial charge on any atom is 0.227 e. The number of nitrogens with one attached hydrogen (secondary N) is 1. The molecule has 1 aromatic carbocycles. The summed E-state index contributed by atoms with van der Waals surface area (Å²) in [6.07, 6.45) is 0.428. The van der Waals surface area contributed by atoms with Crippen LogP contribution in [0.3, 0.4) is 0 Å². The zero-order chi connectivity index (χ0) is 13.7. The summed E-state index contributed by atoms with van der Waals surface area (Å²) in [6.45, 7) is 7.99. The van der Waals surface area contributed by atoms with Crippen molar-refractivity contribution in [3.05, 3.63) is 29.3 Å². The number of rotatable bonds is 4. The van der Waals surface area contributed by atoms with Crippen molar-refractivity contribution < 1.29 is 9.53 Å². The molecule has 0 bridgehead atoms. The fourth-order valence-corrected chi connectivity index (χ4v) is 2.33. The molecule has 1 aliphatic heterocycles. The average Bonchev–Trinajstić information content (AvgIpc) is 2.43. The van der Waals surface area contributed by atoms with E-state index in [1.807, 2.05) is 36.9 Å². The minimum atomic E-state index is 0.188. The van der Waals surface area contributed by atoms with Gasteiger partial charge >= 0.3 is 0 Å². The lowest BCUT2D eigenvalue weighted by atomic mass is 10.1. The molecule has 1 aromatic rings. The molecule has 1 N–H and O–H groups in total. The first-order valence-electron chi connectivity index (χ1n) is 6.91. The van der Waals surface area contributed by atoms with Crippen LogP contribution < -0.4 is 10.1 Å². The van der Waals surface area contributed by atoms with E-state index in [0.717, 1.165) is 43.1 Å². The second-order valence-corrected chi connectivity index (χ2v) is 4.85. The zero-order valence-corrected chi connectivity index (χ0v) is 11.7. The van der Waals surface area contributed by atoms with Crippen LogP contribution in [-0.2, 0) is 11.2 Å². The van der Waals surface area contributed by atoms with Crippen LogP contribution in [0, 0.1) is 6.92 Å². The van der Waals surface area contributed by atoms with Gasteiger partial charge in [-0.05, 0) is 19.9 Å². The van der Waals surface area contributed by atoms with E-state index in [4.69, 9.17) is 4.74 Å². The molecule has 104 valence electrons. The van der Waals surface area contributed by atoms with Gasteiger partial charge in [-0.25, -0.2) is 0 Å². The fourth-order valence-electron chi connectivity index (χ4n) is 2.33. The predicted molar refractivity (Wildman–Crippen MR) is 75.5 cm³/mol. The van der Waals surface area contributed by atoms with Crippen molar-refractivity contribution >= 4 is 5.91 Å². The lowest BCUT2D eigenvalue weighted by Crippen LogP contribution is -2.46. The lowest BCUT2D eigenvalue weighted by molar-refractivity contribution is -0.131. The first kappa shape index (κ1) is 13.9. The Morgan fingerprint density at radius 2 is 2.11 bits per heavy atom. The van der Waals surface area contributed by atoms with Crippen LogP contribution in [0.5, 0.6) is 5.75 Å². The number of amides is 1. The van der Waals surface area contributed by atoms with Crippen LogP contribution in [0.25, 0.3) is 0 Å². The molecule has 1 saturated heterocycles. The number of benzene rings is 1. The third-order valence-corrected chi connectivity index (χ3v) is 3.33. The Bertz CT molecular complexity index is 440. The van der Waals surface area contributed by atoms with Gasteiger partial charge in [-0.15, -0.1) is 0 Å². The van der Waals surface area contributed by atoms with Crippen LogP contribution in [0.4, 0.5) is 0 Å². The van der Waals surface area contributed by atoms with Gasteiger partial charge in [0.1, 0.15) is 5.75 Å². The molecule has 1 amide bonds. The van der Waals surface area contributed by atoms with Crippen LogP contribution in [0.15, 0.2) is 18.2 Å². The molecular weight excluding hydrogens is 240 g/mol. The second-order valence-electron chi connectivity index (χ2n) is 4.85. The van der Waals surface area contributed by atoms with Crippen molar-refractivity contribution in [3.63, 3.8) is 0 Å². The van der Waals surface area contributed by atoms with Gasteiger partial charge in [-0.3, -0.25) is 4.79 Å². The SMILES string of the molecule is CCOc1ccc(C)cc1CC(=O)N1CCNCC1. The third-order valence-electron chi connectivity index (χ3n) is 3.33. The number of ether oxygens (including phenoxy) is 1. The molecule has 0 atom stereocenters. The third kappa shape index (κ3) is 3.70. The quantitative estimate of drug-likeness (QED) is 0.891. The highest BCUT2D eigenvalue weighted by atomic mass is 16.5. The Hall–Kier alpha value is -1.55. The normalized spacial score (nSPS) is 15.4. The van der Waals surface area contributed by atoms with E-state index in [0.29, 0.717) is 13.0 Å². The van der Waals surface area contributed by atoms with E-state index < -0.39 is 0 Å². The number of hydrogen-bond donors (Lipinski definition) is 1. The number of carbonyl (C=O) groups is 1. The topological polar surface area (TPSA) is 41.6 Å². The first-order chi connectivity index (χ1) is 9.20. The molecule has 0 unspecified atom stereocenters. The summed E-state index contributed by atoms with van der Waals surface area (Å²) in [4.78, 5) is 14.2. The average molecular weight is 262 g/mol. The summed E-state index contributed by atoms with van der Waals surface area (Å²) in [5, 5.41) is 3.26. The summed E-state index contributed by atoms with van der Waals surface area (Å²) in [6, 6.07) is 6.02. The molecule has 0 aliphatic carbocycles. The highest BCUT2D eigenvalue weighted by Crippen LogP contribution is 2.21. The number of carbonyl (C=O) groups excluding carboxylic acids is 1. The molecule has 0 radical (unpaired) electrons. The van der Waals surface area contributed by atoms with Crippen molar-refractivity contribution in [2.24, 2.45) is 0 Å². The molecule has 1 aliphatic rings. The molecule has 0 spiro atoms. The Morgan fingerprint density at radius 1 is 1.37 bits per heavy atom. The molecule has 4 nitrogen and oxygen atoms in total. The van der Waals surface area contributed by atoms with Crippen molar-refractivity contribution in [2.75, 3.05) is 32.8 Å². The van der Waals surface area contributed by atoms with Crippen molar-refractivity contribution in [3.8, 4) is 5.75 Å². The smallest absolute Gasteiger partial charge is 0.227 e. The fraction of sp³-hybridized carbons (Fsp3) is 0.533. The molecule has 0 saturated carbocycles. The largest absolute Gasteiger partial charge is 0.494 e. The predicted octanol–water partition coefficient (Wildman–Crippen LogP) is 1.37. The van der Waals surface area contributed by atoms with Gasteiger partial charge < -0.3 is 15.0 Å². The Balaban J connectivity index is 2.08. The monoisotopic (exact) mass is 262 g/mol. The maximum atomic E-state index is 12.3. The number of hydrogen-bond acceptors (Lipinski definition) is 3. The molecular formula is C15H22N2O2. The van der Waals surface area contributed by atoms with Gasteiger partial charge in [0.15, 0.2) is 0 Å². The van der Waals surface area contributed by atoms with Crippen LogP contribution in [0.1, 0.15) is 18.1 Å². The highest BCUT2D eigenvalue weighted by Gasteiger charge is 2.18. The van der Waals surface area contributed by atoms with Crippen LogP contribution >= 0.6 is 0 Å². The molecule has 4 heteroatoms. The molecule has 0 aromatic heterocycles. The van der Waals surface area contributed by atoms with E-state index in [1.165, 1.54) is 0 Å². The molecule has 19 heavy (non-hydrogen) atoms. The van der Waals surface area contributed by atoms with Crippen molar-refractivity contribution in [1.29, 1.82) is 0 Å². The number of nitrogens with zero attached hydrogens (tertiary/aromatic N) is 1.